The number of nitrogens with zero attached hydrogens (tertiary/aromatic N) is 1. The van der Waals surface area contributed by atoms with E-state index in [1.807, 2.05) is 18.2 Å². The number of fused-ring (bicyclic) bond motifs is 1. The van der Waals surface area contributed by atoms with Crippen LogP contribution in [0, 0.1) is 0 Å². The molecule has 3 rings (SSSR count). The van der Waals surface area contributed by atoms with Crippen molar-refractivity contribution in [3.8, 4) is 17.2 Å². The van der Waals surface area contributed by atoms with Crippen LogP contribution in [0.3, 0.4) is 0 Å². The van der Waals surface area contributed by atoms with Crippen LogP contribution < -0.4 is 19.5 Å². The van der Waals surface area contributed by atoms with E-state index in [0.717, 1.165) is 0 Å². The van der Waals surface area contributed by atoms with E-state index in [0.29, 0.717) is 29.2 Å². The summed E-state index contributed by atoms with van der Waals surface area (Å²) in [6.45, 7) is 4.41. The molecule has 0 saturated heterocycles. The van der Waals surface area contributed by atoms with Gasteiger partial charge in [-0.1, -0.05) is 26.0 Å². The van der Waals surface area contributed by atoms with Crippen LogP contribution >= 0.6 is 0 Å². The topological polar surface area (TPSA) is 94.2 Å². The molecule has 1 heterocycles. The molecule has 0 radical (unpaired) electrons. The zero-order valence-corrected chi connectivity index (χ0v) is 18.8. The Kier molecular flexibility index (Phi) is 7.40. The Hall–Kier alpha value is -2.78. The lowest BCUT2D eigenvalue weighted by Gasteiger charge is -2.30. The third-order valence-electron chi connectivity index (χ3n) is 5.01. The van der Waals surface area contributed by atoms with Crippen LogP contribution in [-0.2, 0) is 21.4 Å². The SMILES string of the molecule is CCC(=O)NCc1cc(S(=O)(=O)N(CC)C[C@@H]2COc3ccccc3O2)ccc1OC. The summed E-state index contributed by atoms with van der Waals surface area (Å²) in [5.74, 6) is 1.64. The zero-order valence-electron chi connectivity index (χ0n) is 18.0. The Bertz CT molecular complexity index is 1020. The van der Waals surface area contributed by atoms with Crippen molar-refractivity contribution >= 4 is 15.9 Å². The van der Waals surface area contributed by atoms with Gasteiger partial charge < -0.3 is 19.5 Å². The van der Waals surface area contributed by atoms with Crippen LogP contribution in [0.15, 0.2) is 47.4 Å². The molecule has 0 spiro atoms. The number of ether oxygens (including phenoxy) is 3. The average molecular weight is 449 g/mol. The highest BCUT2D eigenvalue weighted by molar-refractivity contribution is 7.89. The molecule has 2 aromatic rings. The molecule has 0 saturated carbocycles. The second kappa shape index (κ2) is 10.0. The molecule has 0 aliphatic carbocycles. The zero-order chi connectivity index (χ0) is 22.4. The molecule has 2 aromatic carbocycles. The van der Waals surface area contributed by atoms with Gasteiger partial charge in [0.15, 0.2) is 11.5 Å². The highest BCUT2D eigenvalue weighted by Crippen LogP contribution is 2.32. The number of nitrogens with one attached hydrogen (secondary N) is 1. The van der Waals surface area contributed by atoms with Gasteiger partial charge in [0.05, 0.1) is 18.6 Å². The number of sulfonamides is 1. The van der Waals surface area contributed by atoms with E-state index in [2.05, 4.69) is 5.32 Å². The Balaban J connectivity index is 1.79. The summed E-state index contributed by atoms with van der Waals surface area (Å²) in [4.78, 5) is 11.8. The quantitative estimate of drug-likeness (QED) is 0.634. The lowest BCUT2D eigenvalue weighted by atomic mass is 10.2. The standard InChI is InChI=1S/C22H28N2O6S/c1-4-22(25)23-13-16-12-18(10-11-19(16)28-3)31(26,27)24(5-2)14-17-15-29-20-8-6-7-9-21(20)30-17/h6-12,17H,4-5,13-15H2,1-3H3,(H,23,25)/t17-/m1/s1. The number of amides is 1. The molecule has 168 valence electrons. The predicted molar refractivity (Wildman–Crippen MR) is 116 cm³/mol. The van der Waals surface area contributed by atoms with Gasteiger partial charge >= 0.3 is 0 Å². The summed E-state index contributed by atoms with van der Waals surface area (Å²) >= 11 is 0. The van der Waals surface area contributed by atoms with Gasteiger partial charge in [-0.2, -0.15) is 4.31 Å². The number of likely N-dealkylation sites (N-methyl/N-ethyl adjacent to an activating group) is 1. The van der Waals surface area contributed by atoms with Gasteiger partial charge in [0.25, 0.3) is 0 Å². The summed E-state index contributed by atoms with van der Waals surface area (Å²) in [5, 5.41) is 2.76. The minimum absolute atomic E-state index is 0.125. The molecule has 1 aliphatic heterocycles. The van der Waals surface area contributed by atoms with Crippen molar-refractivity contribution in [2.24, 2.45) is 0 Å². The first kappa shape index (κ1) is 22.9. The summed E-state index contributed by atoms with van der Waals surface area (Å²) in [5.41, 5.74) is 0.590. The Labute approximate surface area is 183 Å². The van der Waals surface area contributed by atoms with Crippen molar-refractivity contribution < 1.29 is 27.4 Å². The molecule has 0 aromatic heterocycles. The van der Waals surface area contributed by atoms with Crippen LogP contribution in [0.1, 0.15) is 25.8 Å². The average Bonchev–Trinajstić information content (AvgIpc) is 2.80. The van der Waals surface area contributed by atoms with Crippen molar-refractivity contribution in [2.45, 2.75) is 37.8 Å². The summed E-state index contributed by atoms with van der Waals surface area (Å²) in [6.07, 6.45) is -0.0811. The largest absolute Gasteiger partial charge is 0.496 e. The third-order valence-corrected chi connectivity index (χ3v) is 6.95. The molecular weight excluding hydrogens is 420 g/mol. The van der Waals surface area contributed by atoms with Crippen molar-refractivity contribution in [3.63, 3.8) is 0 Å². The van der Waals surface area contributed by atoms with Gasteiger partial charge in [-0.05, 0) is 30.3 Å². The fourth-order valence-electron chi connectivity index (χ4n) is 3.30. The number of methoxy groups -OCH3 is 1. The number of hydrogen-bond acceptors (Lipinski definition) is 6. The highest BCUT2D eigenvalue weighted by atomic mass is 32.2. The minimum Gasteiger partial charge on any atom is -0.496 e. The van der Waals surface area contributed by atoms with Gasteiger partial charge in [0, 0.05) is 25.1 Å². The lowest BCUT2D eigenvalue weighted by Crippen LogP contribution is -2.43. The van der Waals surface area contributed by atoms with Crippen molar-refractivity contribution in [3.05, 3.63) is 48.0 Å². The Morgan fingerprint density at radius 3 is 2.61 bits per heavy atom. The number of hydrogen-bond donors (Lipinski definition) is 1. The van der Waals surface area contributed by atoms with Crippen LogP contribution in [-0.4, -0.2) is 51.5 Å². The number of para-hydroxylation sites is 2. The van der Waals surface area contributed by atoms with E-state index in [1.165, 1.54) is 17.5 Å². The molecule has 1 aliphatic rings. The van der Waals surface area contributed by atoms with Crippen LogP contribution in [0.5, 0.6) is 17.2 Å². The maximum absolute atomic E-state index is 13.3. The van der Waals surface area contributed by atoms with Gasteiger partial charge in [0.1, 0.15) is 18.5 Å². The van der Waals surface area contributed by atoms with Crippen molar-refractivity contribution in [1.29, 1.82) is 0 Å². The molecule has 31 heavy (non-hydrogen) atoms. The first-order valence-corrected chi connectivity index (χ1v) is 11.6. The molecule has 8 nitrogen and oxygen atoms in total. The predicted octanol–water partition coefficient (Wildman–Crippen LogP) is 2.57. The first-order chi connectivity index (χ1) is 14.9. The number of benzene rings is 2. The van der Waals surface area contributed by atoms with Gasteiger partial charge in [-0.25, -0.2) is 8.42 Å². The summed E-state index contributed by atoms with van der Waals surface area (Å²) in [6, 6.07) is 12.0. The van der Waals surface area contributed by atoms with Crippen molar-refractivity contribution in [2.75, 3.05) is 26.8 Å². The second-order valence-electron chi connectivity index (χ2n) is 7.06. The molecule has 0 bridgehead atoms. The number of carbonyl (C=O) groups excluding carboxylic acids is 1. The summed E-state index contributed by atoms with van der Waals surface area (Å²) < 4.78 is 45.0. The van der Waals surface area contributed by atoms with E-state index in [-0.39, 0.29) is 37.0 Å². The number of rotatable bonds is 9. The van der Waals surface area contributed by atoms with E-state index < -0.39 is 16.1 Å². The maximum Gasteiger partial charge on any atom is 0.243 e. The minimum atomic E-state index is -3.79. The fourth-order valence-corrected chi connectivity index (χ4v) is 4.83. The normalized spacial score (nSPS) is 15.5. The monoisotopic (exact) mass is 448 g/mol. The van der Waals surface area contributed by atoms with Crippen LogP contribution in [0.2, 0.25) is 0 Å². The van der Waals surface area contributed by atoms with E-state index >= 15 is 0 Å². The lowest BCUT2D eigenvalue weighted by molar-refractivity contribution is -0.120. The van der Waals surface area contributed by atoms with Crippen LogP contribution in [0.4, 0.5) is 0 Å². The molecule has 9 heteroatoms. The molecule has 0 fully saturated rings. The summed E-state index contributed by atoms with van der Waals surface area (Å²) in [7, 11) is -2.28. The van der Waals surface area contributed by atoms with E-state index in [4.69, 9.17) is 14.2 Å². The highest BCUT2D eigenvalue weighted by Gasteiger charge is 2.30. The van der Waals surface area contributed by atoms with E-state index in [9.17, 15) is 13.2 Å². The van der Waals surface area contributed by atoms with Crippen LogP contribution in [0.25, 0.3) is 0 Å². The fraction of sp³-hybridized carbons (Fsp3) is 0.409. The molecular formula is C22H28N2O6S. The molecule has 0 unspecified atom stereocenters. The Morgan fingerprint density at radius 2 is 1.94 bits per heavy atom. The maximum atomic E-state index is 13.3. The molecule has 1 amide bonds. The molecule has 1 N–H and O–H groups in total. The van der Waals surface area contributed by atoms with Gasteiger partial charge in [-0.3, -0.25) is 4.79 Å². The van der Waals surface area contributed by atoms with Gasteiger partial charge in [0.2, 0.25) is 15.9 Å². The second-order valence-corrected chi connectivity index (χ2v) is 9.00. The number of carbonyl (C=O) groups is 1. The van der Waals surface area contributed by atoms with Crippen molar-refractivity contribution in [1.82, 2.24) is 9.62 Å². The Morgan fingerprint density at radius 1 is 1.19 bits per heavy atom. The third kappa shape index (κ3) is 5.29. The van der Waals surface area contributed by atoms with E-state index in [1.54, 1.807) is 32.0 Å². The van der Waals surface area contributed by atoms with Gasteiger partial charge in [-0.15, -0.1) is 0 Å². The smallest absolute Gasteiger partial charge is 0.243 e. The first-order valence-electron chi connectivity index (χ1n) is 10.2. The molecule has 1 atom stereocenters.